The number of nitrogens with two attached hydrogens (primary N) is 2. The number of aliphatic imine (C=N–C) groups is 1. The van der Waals surface area contributed by atoms with Gasteiger partial charge in [-0.05, 0) is 55.6 Å². The van der Waals surface area contributed by atoms with Crippen molar-refractivity contribution in [1.82, 2.24) is 5.32 Å². The molecule has 0 aromatic heterocycles. The van der Waals surface area contributed by atoms with E-state index in [1.54, 1.807) is 18.4 Å². The highest BCUT2D eigenvalue weighted by Gasteiger charge is 2.21. The molecule has 1 unspecified atom stereocenters. The summed E-state index contributed by atoms with van der Waals surface area (Å²) < 4.78 is 13.9. The van der Waals surface area contributed by atoms with Gasteiger partial charge in [-0.1, -0.05) is 24.0 Å². The van der Waals surface area contributed by atoms with Gasteiger partial charge in [0.2, 0.25) is 0 Å². The molecule has 130 valence electrons. The smallest absolute Gasteiger partial charge is 0.127 e. The van der Waals surface area contributed by atoms with Crippen LogP contribution in [0.2, 0.25) is 0 Å². The minimum Gasteiger partial charge on any atom is -0.402 e. The molecule has 2 aliphatic heterocycles. The number of benzene rings is 1. The molecule has 1 aromatic rings. The quantitative estimate of drug-likeness (QED) is 0.738. The second-order valence-electron chi connectivity index (χ2n) is 6.57. The van der Waals surface area contributed by atoms with Crippen molar-refractivity contribution in [2.45, 2.75) is 19.8 Å². The molecular weight excluding hydrogens is 315 g/mol. The molecule has 0 radical (unpaired) electrons. The Kier molecular flexibility index (Phi) is 5.20. The van der Waals surface area contributed by atoms with Crippen molar-refractivity contribution in [1.29, 1.82) is 0 Å². The topological polar surface area (TPSA) is 76.4 Å². The van der Waals surface area contributed by atoms with Gasteiger partial charge in [-0.15, -0.1) is 0 Å². The number of hydrogen-bond donors (Lipinski definition) is 3. The van der Waals surface area contributed by atoms with Gasteiger partial charge in [0.05, 0.1) is 5.92 Å². The van der Waals surface area contributed by atoms with E-state index in [9.17, 15) is 4.39 Å². The Labute approximate surface area is 147 Å². The van der Waals surface area contributed by atoms with Crippen LogP contribution in [0.25, 0.3) is 0 Å². The number of nitrogens with zero attached hydrogens (tertiary/aromatic N) is 1. The molecule has 0 saturated carbocycles. The molecule has 2 aliphatic rings. The molecule has 2 heterocycles. The van der Waals surface area contributed by atoms with Gasteiger partial charge in [0.25, 0.3) is 0 Å². The molecule has 1 saturated heterocycles. The monoisotopic (exact) mass is 338 g/mol. The summed E-state index contributed by atoms with van der Waals surface area (Å²) in [5, 5.41) is 3.24. The Morgan fingerprint density at radius 2 is 2.20 bits per heavy atom. The summed E-state index contributed by atoms with van der Waals surface area (Å²) in [6.07, 6.45) is 4.71. The fourth-order valence-electron chi connectivity index (χ4n) is 3.00. The second-order valence-corrected chi connectivity index (χ2v) is 6.57. The lowest BCUT2D eigenvalue weighted by Crippen LogP contribution is -2.42. The number of allylic oxidation sites excluding steroid dienone is 3. The van der Waals surface area contributed by atoms with Crippen molar-refractivity contribution >= 4 is 6.21 Å². The van der Waals surface area contributed by atoms with Crippen molar-refractivity contribution in [3.05, 3.63) is 58.3 Å². The van der Waals surface area contributed by atoms with Crippen LogP contribution in [0, 0.1) is 36.4 Å². The Bertz CT molecular complexity index is 786. The normalized spacial score (nSPS) is 21.8. The van der Waals surface area contributed by atoms with Crippen LogP contribution in [0.5, 0.6) is 0 Å². The van der Waals surface area contributed by atoms with Gasteiger partial charge in [0.15, 0.2) is 0 Å². The summed E-state index contributed by atoms with van der Waals surface area (Å²) in [6.45, 7) is 3.87. The SMILES string of the molecule is Cc1cccc(F)c1CC#CC1C=NC(N)=C/C1=C(/N)CC1CNC1. The molecular formula is C20H23FN4. The van der Waals surface area contributed by atoms with E-state index in [2.05, 4.69) is 22.2 Å². The molecule has 3 rings (SSSR count). The molecule has 5 N–H and O–H groups in total. The van der Waals surface area contributed by atoms with E-state index in [-0.39, 0.29) is 11.7 Å². The number of halogens is 1. The zero-order valence-corrected chi connectivity index (χ0v) is 14.3. The summed E-state index contributed by atoms with van der Waals surface area (Å²) in [6, 6.07) is 5.06. The summed E-state index contributed by atoms with van der Waals surface area (Å²) >= 11 is 0. The molecule has 0 aliphatic carbocycles. The first kappa shape index (κ1) is 17.2. The van der Waals surface area contributed by atoms with Gasteiger partial charge in [-0.2, -0.15) is 0 Å². The number of rotatable bonds is 3. The fraction of sp³-hybridized carbons (Fsp3) is 0.350. The van der Waals surface area contributed by atoms with E-state index in [4.69, 9.17) is 11.5 Å². The van der Waals surface area contributed by atoms with Crippen molar-refractivity contribution in [2.75, 3.05) is 13.1 Å². The highest BCUT2D eigenvalue weighted by Crippen LogP contribution is 2.23. The van der Waals surface area contributed by atoms with Gasteiger partial charge < -0.3 is 16.8 Å². The Morgan fingerprint density at radius 1 is 1.40 bits per heavy atom. The van der Waals surface area contributed by atoms with Crippen LogP contribution in [0.3, 0.4) is 0 Å². The number of aryl methyl sites for hydroxylation is 1. The molecule has 0 amide bonds. The summed E-state index contributed by atoms with van der Waals surface area (Å²) in [5.74, 6) is 6.83. The van der Waals surface area contributed by atoms with E-state index in [0.29, 0.717) is 23.7 Å². The number of nitrogens with one attached hydrogen (secondary N) is 1. The van der Waals surface area contributed by atoms with Crippen LogP contribution in [-0.2, 0) is 6.42 Å². The van der Waals surface area contributed by atoms with Gasteiger partial charge >= 0.3 is 0 Å². The molecule has 0 bridgehead atoms. The maximum Gasteiger partial charge on any atom is 0.127 e. The van der Waals surface area contributed by atoms with Crippen molar-refractivity contribution in [3.63, 3.8) is 0 Å². The Morgan fingerprint density at radius 3 is 2.88 bits per heavy atom. The third-order valence-corrected chi connectivity index (χ3v) is 4.63. The first-order valence-corrected chi connectivity index (χ1v) is 8.47. The predicted octanol–water partition coefficient (Wildman–Crippen LogP) is 2.00. The Balaban J connectivity index is 1.78. The van der Waals surface area contributed by atoms with Crippen LogP contribution in [0.15, 0.2) is 46.4 Å². The third-order valence-electron chi connectivity index (χ3n) is 4.63. The van der Waals surface area contributed by atoms with Crippen LogP contribution in [-0.4, -0.2) is 19.3 Å². The van der Waals surface area contributed by atoms with E-state index < -0.39 is 0 Å². The summed E-state index contributed by atoms with van der Waals surface area (Å²) in [4.78, 5) is 4.15. The fourth-order valence-corrected chi connectivity index (χ4v) is 3.00. The molecule has 1 atom stereocenters. The van der Waals surface area contributed by atoms with E-state index >= 15 is 0 Å². The second kappa shape index (κ2) is 7.54. The van der Waals surface area contributed by atoms with E-state index in [1.165, 1.54) is 6.07 Å². The van der Waals surface area contributed by atoms with Crippen molar-refractivity contribution < 1.29 is 4.39 Å². The molecule has 0 spiro atoms. The number of hydrogen-bond acceptors (Lipinski definition) is 4. The highest BCUT2D eigenvalue weighted by atomic mass is 19.1. The molecule has 5 heteroatoms. The summed E-state index contributed by atoms with van der Waals surface area (Å²) in [7, 11) is 0. The van der Waals surface area contributed by atoms with Crippen LogP contribution < -0.4 is 16.8 Å². The average Bonchev–Trinajstić information content (AvgIpc) is 2.54. The largest absolute Gasteiger partial charge is 0.402 e. The Hall–Kier alpha value is -2.58. The molecule has 25 heavy (non-hydrogen) atoms. The third kappa shape index (κ3) is 4.09. The average molecular weight is 338 g/mol. The molecule has 1 fully saturated rings. The van der Waals surface area contributed by atoms with Crippen molar-refractivity contribution in [2.24, 2.45) is 28.3 Å². The molecule has 1 aromatic carbocycles. The van der Waals surface area contributed by atoms with E-state index in [1.807, 2.05) is 13.0 Å². The maximum atomic E-state index is 13.9. The highest BCUT2D eigenvalue weighted by molar-refractivity contribution is 5.74. The van der Waals surface area contributed by atoms with Gasteiger partial charge in [0.1, 0.15) is 11.6 Å². The summed E-state index contributed by atoms with van der Waals surface area (Å²) in [5.41, 5.74) is 15.4. The minimum atomic E-state index is -0.219. The first-order chi connectivity index (χ1) is 12.0. The van der Waals surface area contributed by atoms with Gasteiger partial charge in [-0.3, -0.25) is 0 Å². The predicted molar refractivity (Wildman–Crippen MR) is 99.1 cm³/mol. The van der Waals surface area contributed by atoms with Crippen LogP contribution >= 0.6 is 0 Å². The van der Waals surface area contributed by atoms with Gasteiger partial charge in [-0.25, -0.2) is 9.38 Å². The van der Waals surface area contributed by atoms with E-state index in [0.717, 1.165) is 36.3 Å². The van der Waals surface area contributed by atoms with Gasteiger partial charge in [0, 0.05) is 23.9 Å². The lowest BCUT2D eigenvalue weighted by atomic mass is 9.90. The zero-order chi connectivity index (χ0) is 17.8. The van der Waals surface area contributed by atoms with Crippen molar-refractivity contribution in [3.8, 4) is 11.8 Å². The zero-order valence-electron chi connectivity index (χ0n) is 14.3. The minimum absolute atomic E-state index is 0.201. The lowest BCUT2D eigenvalue weighted by molar-refractivity contribution is 0.344. The van der Waals surface area contributed by atoms with Crippen LogP contribution in [0.1, 0.15) is 17.5 Å². The standard InChI is InChI=1S/C20H23FN4/c1-13-4-2-7-18(21)16(13)6-3-5-15-12-25-20(23)9-17(15)19(22)8-14-10-24-11-14/h2,4,7,9,12,14-15,24H,6,8,10-11,22-23H2,1H3/b19-17-. The first-order valence-electron chi connectivity index (χ1n) is 8.47. The maximum absolute atomic E-state index is 13.9. The van der Waals surface area contributed by atoms with Crippen LogP contribution in [0.4, 0.5) is 4.39 Å². The lowest BCUT2D eigenvalue weighted by Gasteiger charge is -2.28. The molecule has 4 nitrogen and oxygen atoms in total.